The lowest BCUT2D eigenvalue weighted by atomic mass is 10.1. The largest absolute Gasteiger partial charge is 0.336 e. The van der Waals surface area contributed by atoms with Gasteiger partial charge in [-0.1, -0.05) is 6.92 Å². The van der Waals surface area contributed by atoms with Gasteiger partial charge in [-0.3, -0.25) is 14.4 Å². The lowest BCUT2D eigenvalue weighted by Gasteiger charge is -2.39. The van der Waals surface area contributed by atoms with Crippen LogP contribution in [0.5, 0.6) is 0 Å². The topological polar surface area (TPSA) is 67.4 Å². The summed E-state index contributed by atoms with van der Waals surface area (Å²) in [5.41, 5.74) is 7.20. The number of nitrogens with zero attached hydrogens (tertiary/aromatic N) is 4. The Balaban J connectivity index is 2.05. The van der Waals surface area contributed by atoms with Crippen molar-refractivity contribution in [2.75, 3.05) is 32.7 Å². The molecule has 0 radical (unpaired) electrons. The number of carbonyl (C=O) groups excluding carboxylic acids is 1. The molecule has 0 bridgehead atoms. The minimum atomic E-state index is 0.106. The summed E-state index contributed by atoms with van der Waals surface area (Å²) < 4.78 is 1.88. The van der Waals surface area contributed by atoms with Crippen LogP contribution in [-0.2, 0) is 6.54 Å². The standard InChI is InChI=1S/C15H27N5O/c1-4-18-8-9-19(11-12(18)2)15(21)14-10-17-20(13(14)3)7-5-6-16/h10,12H,4-9,11,16H2,1-3H3. The van der Waals surface area contributed by atoms with Crippen molar-refractivity contribution in [2.24, 2.45) is 5.73 Å². The van der Waals surface area contributed by atoms with Crippen molar-refractivity contribution >= 4 is 5.91 Å². The van der Waals surface area contributed by atoms with Gasteiger partial charge in [-0.05, 0) is 33.4 Å². The highest BCUT2D eigenvalue weighted by Crippen LogP contribution is 2.15. The number of carbonyl (C=O) groups is 1. The summed E-state index contributed by atoms with van der Waals surface area (Å²) in [5.74, 6) is 0.106. The van der Waals surface area contributed by atoms with Crippen molar-refractivity contribution in [3.05, 3.63) is 17.5 Å². The van der Waals surface area contributed by atoms with Gasteiger partial charge in [0.2, 0.25) is 0 Å². The first-order valence-electron chi connectivity index (χ1n) is 7.84. The Morgan fingerprint density at radius 1 is 1.48 bits per heavy atom. The summed E-state index contributed by atoms with van der Waals surface area (Å²) in [6.07, 6.45) is 2.58. The van der Waals surface area contributed by atoms with Crippen LogP contribution < -0.4 is 5.73 Å². The molecule has 1 aliphatic heterocycles. The molecular formula is C15H27N5O. The van der Waals surface area contributed by atoms with Crippen LogP contribution in [-0.4, -0.2) is 64.3 Å². The van der Waals surface area contributed by atoms with Gasteiger partial charge in [0.1, 0.15) is 0 Å². The van der Waals surface area contributed by atoms with Crippen molar-refractivity contribution in [3.63, 3.8) is 0 Å². The molecule has 1 atom stereocenters. The van der Waals surface area contributed by atoms with Gasteiger partial charge in [-0.2, -0.15) is 5.10 Å². The number of likely N-dealkylation sites (N-methyl/N-ethyl adjacent to an activating group) is 1. The van der Waals surface area contributed by atoms with E-state index in [1.54, 1.807) is 6.20 Å². The van der Waals surface area contributed by atoms with Crippen molar-refractivity contribution in [1.82, 2.24) is 19.6 Å². The molecule has 6 heteroatoms. The highest BCUT2D eigenvalue weighted by Gasteiger charge is 2.28. The smallest absolute Gasteiger partial charge is 0.257 e. The van der Waals surface area contributed by atoms with Gasteiger partial charge in [-0.25, -0.2) is 0 Å². The molecule has 0 saturated carbocycles. The van der Waals surface area contributed by atoms with E-state index >= 15 is 0 Å². The van der Waals surface area contributed by atoms with Gasteiger partial charge in [0.15, 0.2) is 0 Å². The van der Waals surface area contributed by atoms with Gasteiger partial charge in [0, 0.05) is 37.9 Å². The van der Waals surface area contributed by atoms with E-state index < -0.39 is 0 Å². The quantitative estimate of drug-likeness (QED) is 0.868. The Hall–Kier alpha value is -1.40. The van der Waals surface area contributed by atoms with Crippen molar-refractivity contribution < 1.29 is 4.79 Å². The van der Waals surface area contributed by atoms with Crippen LogP contribution in [0.15, 0.2) is 6.20 Å². The number of nitrogens with two attached hydrogens (primary N) is 1. The molecule has 2 rings (SSSR count). The molecule has 0 spiro atoms. The fourth-order valence-corrected chi connectivity index (χ4v) is 2.94. The van der Waals surface area contributed by atoms with E-state index in [1.807, 2.05) is 16.5 Å². The SMILES string of the molecule is CCN1CCN(C(=O)c2cnn(CCCN)c2C)CC1C. The van der Waals surface area contributed by atoms with Crippen LogP contribution >= 0.6 is 0 Å². The summed E-state index contributed by atoms with van der Waals surface area (Å²) >= 11 is 0. The zero-order chi connectivity index (χ0) is 15.4. The zero-order valence-corrected chi connectivity index (χ0v) is 13.4. The average Bonchev–Trinajstić information content (AvgIpc) is 2.85. The van der Waals surface area contributed by atoms with E-state index in [4.69, 9.17) is 5.73 Å². The number of aromatic nitrogens is 2. The molecule has 1 saturated heterocycles. The Morgan fingerprint density at radius 2 is 2.24 bits per heavy atom. The summed E-state index contributed by atoms with van der Waals surface area (Å²) in [7, 11) is 0. The van der Waals surface area contributed by atoms with E-state index in [0.29, 0.717) is 12.6 Å². The van der Waals surface area contributed by atoms with Gasteiger partial charge in [0.25, 0.3) is 5.91 Å². The minimum Gasteiger partial charge on any atom is -0.336 e. The summed E-state index contributed by atoms with van der Waals surface area (Å²) in [6.45, 7) is 11.3. The zero-order valence-electron chi connectivity index (χ0n) is 13.4. The first-order chi connectivity index (χ1) is 10.1. The summed E-state index contributed by atoms with van der Waals surface area (Å²) in [5, 5.41) is 4.32. The van der Waals surface area contributed by atoms with Crippen LogP contribution in [0.25, 0.3) is 0 Å². The predicted octanol–water partition coefficient (Wildman–Crippen LogP) is 0.707. The van der Waals surface area contributed by atoms with E-state index in [2.05, 4.69) is 23.8 Å². The first-order valence-corrected chi connectivity index (χ1v) is 7.84. The second-order valence-electron chi connectivity index (χ2n) is 5.74. The molecule has 1 aromatic rings. The molecule has 1 amide bonds. The maximum absolute atomic E-state index is 12.7. The highest BCUT2D eigenvalue weighted by atomic mass is 16.2. The Morgan fingerprint density at radius 3 is 2.86 bits per heavy atom. The molecular weight excluding hydrogens is 266 g/mol. The predicted molar refractivity (Wildman–Crippen MR) is 83.2 cm³/mol. The van der Waals surface area contributed by atoms with Crippen LogP contribution in [0.1, 0.15) is 36.3 Å². The lowest BCUT2D eigenvalue weighted by Crippen LogP contribution is -2.53. The summed E-state index contributed by atoms with van der Waals surface area (Å²) in [4.78, 5) is 17.0. The minimum absolute atomic E-state index is 0.106. The maximum Gasteiger partial charge on any atom is 0.257 e. The highest BCUT2D eigenvalue weighted by molar-refractivity contribution is 5.95. The number of piperazine rings is 1. The lowest BCUT2D eigenvalue weighted by molar-refractivity contribution is 0.0527. The van der Waals surface area contributed by atoms with Crippen LogP contribution in [0.4, 0.5) is 0 Å². The van der Waals surface area contributed by atoms with Crippen LogP contribution in [0.2, 0.25) is 0 Å². The molecule has 1 aromatic heterocycles. The number of hydrogen-bond acceptors (Lipinski definition) is 4. The van der Waals surface area contributed by atoms with Crippen LogP contribution in [0.3, 0.4) is 0 Å². The Bertz CT molecular complexity index is 484. The second kappa shape index (κ2) is 7.04. The molecule has 0 aromatic carbocycles. The van der Waals surface area contributed by atoms with Crippen molar-refractivity contribution in [2.45, 2.75) is 39.8 Å². The third kappa shape index (κ3) is 3.44. The van der Waals surface area contributed by atoms with Gasteiger partial charge in [0.05, 0.1) is 11.8 Å². The van der Waals surface area contributed by atoms with Gasteiger partial charge >= 0.3 is 0 Å². The van der Waals surface area contributed by atoms with E-state index in [-0.39, 0.29) is 5.91 Å². The number of aryl methyl sites for hydroxylation is 1. The fourth-order valence-electron chi connectivity index (χ4n) is 2.94. The molecule has 1 aliphatic rings. The third-order valence-corrected chi connectivity index (χ3v) is 4.37. The van der Waals surface area contributed by atoms with E-state index in [9.17, 15) is 4.79 Å². The molecule has 118 valence electrons. The monoisotopic (exact) mass is 293 g/mol. The number of amides is 1. The number of hydrogen-bond donors (Lipinski definition) is 1. The van der Waals surface area contributed by atoms with Crippen molar-refractivity contribution in [3.8, 4) is 0 Å². The molecule has 1 fully saturated rings. The summed E-state index contributed by atoms with van der Waals surface area (Å²) in [6, 6.07) is 0.417. The molecule has 1 unspecified atom stereocenters. The van der Waals surface area contributed by atoms with Gasteiger partial charge in [-0.15, -0.1) is 0 Å². The maximum atomic E-state index is 12.7. The Labute approximate surface area is 126 Å². The molecule has 21 heavy (non-hydrogen) atoms. The van der Waals surface area contributed by atoms with E-state index in [0.717, 1.165) is 50.4 Å². The average molecular weight is 293 g/mol. The van der Waals surface area contributed by atoms with E-state index in [1.165, 1.54) is 0 Å². The molecule has 2 heterocycles. The Kier molecular flexibility index (Phi) is 5.36. The van der Waals surface area contributed by atoms with Gasteiger partial charge < -0.3 is 10.6 Å². The fraction of sp³-hybridized carbons (Fsp3) is 0.733. The van der Waals surface area contributed by atoms with Crippen LogP contribution in [0, 0.1) is 6.92 Å². The first kappa shape index (κ1) is 16.0. The van der Waals surface area contributed by atoms with Crippen molar-refractivity contribution in [1.29, 1.82) is 0 Å². The molecule has 2 N–H and O–H groups in total. The normalized spacial score (nSPS) is 20.0. The second-order valence-corrected chi connectivity index (χ2v) is 5.74. The molecule has 6 nitrogen and oxygen atoms in total. The third-order valence-electron chi connectivity index (χ3n) is 4.37. The number of rotatable bonds is 5. The molecule has 0 aliphatic carbocycles.